The molecule has 0 N–H and O–H groups in total. The van der Waals surface area contributed by atoms with E-state index in [1.165, 1.54) is 19.3 Å². The summed E-state index contributed by atoms with van der Waals surface area (Å²) in [4.78, 5) is 15.9. The number of carbonyl (C=O) groups is 1. The Labute approximate surface area is 114 Å². The maximum Gasteiger partial charge on any atom is 0.222 e. The van der Waals surface area contributed by atoms with Crippen molar-refractivity contribution < 1.29 is 4.79 Å². The summed E-state index contributed by atoms with van der Waals surface area (Å²) in [6.07, 6.45) is 4.52. The monoisotopic (exact) mass is 256 g/mol. The minimum absolute atomic E-state index is 0.269. The third kappa shape index (κ3) is 8.51. The molecule has 0 atom stereocenters. The Balaban J connectivity index is 3.68. The first kappa shape index (κ1) is 17.4. The van der Waals surface area contributed by atoms with Gasteiger partial charge in [-0.2, -0.15) is 0 Å². The van der Waals surface area contributed by atoms with Crippen LogP contribution in [0.25, 0.3) is 0 Å². The van der Waals surface area contributed by atoms with Gasteiger partial charge in [-0.05, 0) is 32.9 Å². The molecule has 0 spiro atoms. The highest BCUT2D eigenvalue weighted by Crippen LogP contribution is 2.06. The average Bonchev–Trinajstić information content (AvgIpc) is 2.34. The quantitative estimate of drug-likeness (QED) is 0.561. The molecule has 0 aliphatic heterocycles. The normalized spacial score (nSPS) is 11.3. The van der Waals surface area contributed by atoms with Crippen molar-refractivity contribution in [3.05, 3.63) is 0 Å². The van der Waals surface area contributed by atoms with E-state index in [-0.39, 0.29) is 5.91 Å². The van der Waals surface area contributed by atoms with Gasteiger partial charge >= 0.3 is 0 Å². The van der Waals surface area contributed by atoms with Gasteiger partial charge in [0.05, 0.1) is 0 Å². The van der Waals surface area contributed by atoms with Crippen LogP contribution in [-0.2, 0) is 4.79 Å². The van der Waals surface area contributed by atoms with E-state index in [0.29, 0.717) is 6.42 Å². The number of hydrogen-bond acceptors (Lipinski definition) is 2. The van der Waals surface area contributed by atoms with Crippen molar-refractivity contribution >= 4 is 5.91 Å². The van der Waals surface area contributed by atoms with Gasteiger partial charge in [0, 0.05) is 26.1 Å². The molecule has 0 aliphatic carbocycles. The summed E-state index contributed by atoms with van der Waals surface area (Å²) >= 11 is 0. The van der Waals surface area contributed by atoms with Crippen LogP contribution in [-0.4, -0.2) is 48.9 Å². The maximum absolute atomic E-state index is 11.6. The highest BCUT2D eigenvalue weighted by Gasteiger charge is 2.09. The Hall–Kier alpha value is -0.570. The van der Waals surface area contributed by atoms with E-state index in [2.05, 4.69) is 32.7 Å². The van der Waals surface area contributed by atoms with Gasteiger partial charge in [-0.25, -0.2) is 0 Å². The third-order valence-electron chi connectivity index (χ3n) is 3.36. The fraction of sp³-hybridized carbons (Fsp3) is 0.933. The summed E-state index contributed by atoms with van der Waals surface area (Å²) in [6.45, 7) is 12.4. The molecule has 0 aromatic carbocycles. The van der Waals surface area contributed by atoms with Crippen LogP contribution in [0.15, 0.2) is 0 Å². The Morgan fingerprint density at radius 1 is 1.06 bits per heavy atom. The van der Waals surface area contributed by atoms with E-state index in [1.54, 1.807) is 0 Å². The van der Waals surface area contributed by atoms with Crippen LogP contribution >= 0.6 is 0 Å². The first-order chi connectivity index (χ1) is 8.51. The molecule has 108 valence electrons. The number of hydrogen-bond donors (Lipinski definition) is 0. The zero-order valence-corrected chi connectivity index (χ0v) is 13.0. The van der Waals surface area contributed by atoms with Crippen molar-refractivity contribution in [2.75, 3.05) is 33.2 Å². The van der Waals surface area contributed by atoms with Crippen LogP contribution < -0.4 is 0 Å². The highest BCUT2D eigenvalue weighted by atomic mass is 16.2. The fourth-order valence-electron chi connectivity index (χ4n) is 2.02. The number of unbranched alkanes of at least 4 members (excludes halogenated alkanes) is 1. The van der Waals surface area contributed by atoms with Crippen molar-refractivity contribution in [1.29, 1.82) is 0 Å². The van der Waals surface area contributed by atoms with Crippen LogP contribution in [0.1, 0.15) is 53.4 Å². The number of nitrogens with zero attached hydrogens (tertiary/aromatic N) is 2. The molecular formula is C15H32N2O. The van der Waals surface area contributed by atoms with Gasteiger partial charge in [-0.3, -0.25) is 4.79 Å². The Morgan fingerprint density at radius 3 is 2.22 bits per heavy atom. The lowest BCUT2D eigenvalue weighted by Gasteiger charge is -2.24. The second-order valence-corrected chi connectivity index (χ2v) is 5.52. The maximum atomic E-state index is 11.6. The lowest BCUT2D eigenvalue weighted by molar-refractivity contribution is -0.130. The second-order valence-electron chi connectivity index (χ2n) is 5.52. The molecule has 0 unspecified atom stereocenters. The fourth-order valence-corrected chi connectivity index (χ4v) is 2.02. The van der Waals surface area contributed by atoms with Gasteiger partial charge < -0.3 is 9.80 Å². The molecule has 0 rings (SSSR count). The van der Waals surface area contributed by atoms with Gasteiger partial charge in [-0.1, -0.05) is 33.6 Å². The molecule has 0 fully saturated rings. The summed E-state index contributed by atoms with van der Waals surface area (Å²) in [6, 6.07) is 0. The van der Waals surface area contributed by atoms with Gasteiger partial charge in [0.2, 0.25) is 5.91 Å². The van der Waals surface area contributed by atoms with E-state index in [1.807, 2.05) is 11.8 Å². The van der Waals surface area contributed by atoms with Crippen LogP contribution in [0.5, 0.6) is 0 Å². The highest BCUT2D eigenvalue weighted by molar-refractivity contribution is 5.75. The summed E-state index contributed by atoms with van der Waals surface area (Å²) in [5.74, 6) is 1.08. The molecule has 0 aromatic rings. The zero-order valence-electron chi connectivity index (χ0n) is 13.0. The Bertz CT molecular complexity index is 217. The molecule has 3 heteroatoms. The number of likely N-dealkylation sites (N-methyl/N-ethyl adjacent to an activating group) is 2. The van der Waals surface area contributed by atoms with Gasteiger partial charge in [0.15, 0.2) is 0 Å². The predicted molar refractivity (Wildman–Crippen MR) is 78.7 cm³/mol. The Kier molecular flexibility index (Phi) is 10.0. The van der Waals surface area contributed by atoms with E-state index in [4.69, 9.17) is 0 Å². The lowest BCUT2D eigenvalue weighted by Crippen LogP contribution is -2.37. The summed E-state index contributed by atoms with van der Waals surface area (Å²) < 4.78 is 0. The predicted octanol–water partition coefficient (Wildman–Crippen LogP) is 3.00. The standard InChI is InChI=1S/C15H32N2O/c1-6-15(18)17(7-2)13-12-16(5)11-9-8-10-14(3)4/h14H,6-13H2,1-5H3. The molecule has 0 saturated heterocycles. The molecule has 0 radical (unpaired) electrons. The van der Waals surface area contributed by atoms with Gasteiger partial charge in [0.25, 0.3) is 0 Å². The van der Waals surface area contributed by atoms with Crippen LogP contribution in [0.4, 0.5) is 0 Å². The molecule has 0 heterocycles. The van der Waals surface area contributed by atoms with Crippen molar-refractivity contribution in [2.24, 2.45) is 5.92 Å². The van der Waals surface area contributed by atoms with Crippen LogP contribution in [0.2, 0.25) is 0 Å². The summed E-state index contributed by atoms with van der Waals surface area (Å²) in [5.41, 5.74) is 0. The number of carbonyl (C=O) groups excluding carboxylic acids is 1. The molecule has 0 bridgehead atoms. The van der Waals surface area contributed by atoms with E-state index >= 15 is 0 Å². The molecule has 0 aromatic heterocycles. The van der Waals surface area contributed by atoms with Crippen LogP contribution in [0, 0.1) is 5.92 Å². The average molecular weight is 256 g/mol. The zero-order chi connectivity index (χ0) is 14.0. The van der Waals surface area contributed by atoms with E-state index in [9.17, 15) is 4.79 Å². The molecule has 0 saturated carbocycles. The smallest absolute Gasteiger partial charge is 0.222 e. The topological polar surface area (TPSA) is 23.6 Å². The Morgan fingerprint density at radius 2 is 1.72 bits per heavy atom. The summed E-state index contributed by atoms with van der Waals surface area (Å²) in [5, 5.41) is 0. The second kappa shape index (κ2) is 10.4. The van der Waals surface area contributed by atoms with Gasteiger partial charge in [0.1, 0.15) is 0 Å². The molecule has 1 amide bonds. The van der Waals surface area contributed by atoms with Crippen molar-refractivity contribution in [3.8, 4) is 0 Å². The van der Waals surface area contributed by atoms with Crippen molar-refractivity contribution in [3.63, 3.8) is 0 Å². The number of amides is 1. The molecule has 3 nitrogen and oxygen atoms in total. The minimum atomic E-state index is 0.269. The van der Waals surface area contributed by atoms with E-state index in [0.717, 1.165) is 32.1 Å². The summed E-state index contributed by atoms with van der Waals surface area (Å²) in [7, 11) is 2.15. The third-order valence-corrected chi connectivity index (χ3v) is 3.36. The minimum Gasteiger partial charge on any atom is -0.342 e. The van der Waals surface area contributed by atoms with Crippen molar-refractivity contribution in [2.45, 2.75) is 53.4 Å². The first-order valence-corrected chi connectivity index (χ1v) is 7.47. The van der Waals surface area contributed by atoms with Gasteiger partial charge in [-0.15, -0.1) is 0 Å². The van der Waals surface area contributed by atoms with Crippen molar-refractivity contribution in [1.82, 2.24) is 9.80 Å². The first-order valence-electron chi connectivity index (χ1n) is 7.47. The SMILES string of the molecule is CCC(=O)N(CC)CCN(C)CCCCC(C)C. The largest absolute Gasteiger partial charge is 0.342 e. The molecular weight excluding hydrogens is 224 g/mol. The molecule has 18 heavy (non-hydrogen) atoms. The van der Waals surface area contributed by atoms with Crippen LogP contribution in [0.3, 0.4) is 0 Å². The molecule has 0 aliphatic rings. The lowest BCUT2D eigenvalue weighted by atomic mass is 10.1. The van der Waals surface area contributed by atoms with E-state index < -0.39 is 0 Å². The number of rotatable bonds is 10.